The smallest absolute Gasteiger partial charge is 0.191 e. The van der Waals surface area contributed by atoms with Crippen LogP contribution in [0.15, 0.2) is 17.4 Å². The molecule has 0 bridgehead atoms. The second-order valence-electron chi connectivity index (χ2n) is 6.58. The Labute approximate surface area is 140 Å². The fraction of sp³-hybridized carbons (Fsp3) is 0.765. The predicted molar refractivity (Wildman–Crippen MR) is 95.8 cm³/mol. The maximum absolute atomic E-state index is 4.28. The molecule has 23 heavy (non-hydrogen) atoms. The zero-order valence-corrected chi connectivity index (χ0v) is 14.9. The van der Waals surface area contributed by atoms with Crippen molar-refractivity contribution in [2.24, 2.45) is 10.9 Å². The third-order valence-corrected chi connectivity index (χ3v) is 4.44. The lowest BCUT2D eigenvalue weighted by Crippen LogP contribution is -2.40. The third-order valence-electron chi connectivity index (χ3n) is 4.44. The normalized spacial score (nSPS) is 17.4. The summed E-state index contributed by atoms with van der Waals surface area (Å²) in [6, 6.07) is 0. The first-order chi connectivity index (χ1) is 11.2. The van der Waals surface area contributed by atoms with Gasteiger partial charge in [-0.2, -0.15) is 5.10 Å². The van der Waals surface area contributed by atoms with Crippen LogP contribution in [-0.2, 0) is 6.54 Å². The highest BCUT2D eigenvalue weighted by Crippen LogP contribution is 2.15. The Morgan fingerprint density at radius 2 is 2.00 bits per heavy atom. The van der Waals surface area contributed by atoms with E-state index in [1.807, 2.05) is 17.9 Å². The number of hydrogen-bond acceptors (Lipinski definition) is 3. The van der Waals surface area contributed by atoms with Crippen LogP contribution in [0.3, 0.4) is 0 Å². The van der Waals surface area contributed by atoms with Crippen LogP contribution in [0.1, 0.15) is 31.7 Å². The van der Waals surface area contributed by atoms with Crippen molar-refractivity contribution in [2.75, 3.05) is 39.8 Å². The molecular formula is C17H32N6. The second-order valence-corrected chi connectivity index (χ2v) is 6.58. The molecule has 1 aliphatic rings. The minimum atomic E-state index is 0.824. The van der Waals surface area contributed by atoms with E-state index in [4.69, 9.17) is 0 Å². The van der Waals surface area contributed by atoms with Crippen molar-refractivity contribution in [3.8, 4) is 0 Å². The first-order valence-electron chi connectivity index (χ1n) is 8.83. The van der Waals surface area contributed by atoms with Crippen molar-refractivity contribution >= 4 is 5.96 Å². The number of rotatable bonds is 7. The SMILES string of the molecule is CN=C(NCCCN1CCC(C)CC1)NCCn1cc(C)cn1. The van der Waals surface area contributed by atoms with E-state index in [9.17, 15) is 0 Å². The molecule has 6 heteroatoms. The molecule has 0 saturated carbocycles. The molecule has 1 aromatic heterocycles. The highest BCUT2D eigenvalue weighted by atomic mass is 15.3. The van der Waals surface area contributed by atoms with Gasteiger partial charge in [-0.1, -0.05) is 6.92 Å². The van der Waals surface area contributed by atoms with Gasteiger partial charge in [0.15, 0.2) is 5.96 Å². The van der Waals surface area contributed by atoms with E-state index in [1.165, 1.54) is 38.0 Å². The maximum Gasteiger partial charge on any atom is 0.191 e. The molecule has 0 radical (unpaired) electrons. The van der Waals surface area contributed by atoms with E-state index in [0.717, 1.165) is 37.9 Å². The van der Waals surface area contributed by atoms with Gasteiger partial charge < -0.3 is 15.5 Å². The summed E-state index contributed by atoms with van der Waals surface area (Å²) in [6.07, 6.45) is 7.80. The lowest BCUT2D eigenvalue weighted by atomic mass is 9.99. The molecule has 0 amide bonds. The molecular weight excluding hydrogens is 288 g/mol. The first kappa shape index (κ1) is 17.8. The molecule has 2 heterocycles. The van der Waals surface area contributed by atoms with Gasteiger partial charge in [0.05, 0.1) is 12.7 Å². The number of nitrogens with zero attached hydrogens (tertiary/aromatic N) is 4. The van der Waals surface area contributed by atoms with Gasteiger partial charge in [0.1, 0.15) is 0 Å². The highest BCUT2D eigenvalue weighted by Gasteiger charge is 2.14. The Morgan fingerprint density at radius 1 is 1.26 bits per heavy atom. The van der Waals surface area contributed by atoms with Crippen LogP contribution in [0.25, 0.3) is 0 Å². The Morgan fingerprint density at radius 3 is 2.65 bits per heavy atom. The third kappa shape index (κ3) is 6.60. The van der Waals surface area contributed by atoms with E-state index >= 15 is 0 Å². The van der Waals surface area contributed by atoms with Crippen molar-refractivity contribution < 1.29 is 0 Å². The molecule has 1 aliphatic heterocycles. The van der Waals surface area contributed by atoms with Crippen molar-refractivity contribution in [1.82, 2.24) is 25.3 Å². The number of guanidine groups is 1. The number of likely N-dealkylation sites (tertiary alicyclic amines) is 1. The van der Waals surface area contributed by atoms with Crippen molar-refractivity contribution in [3.05, 3.63) is 18.0 Å². The summed E-state index contributed by atoms with van der Waals surface area (Å²) in [5.41, 5.74) is 1.19. The molecule has 1 aromatic rings. The Balaban J connectivity index is 1.54. The summed E-state index contributed by atoms with van der Waals surface area (Å²) in [7, 11) is 1.82. The van der Waals surface area contributed by atoms with E-state index in [0.29, 0.717) is 0 Å². The molecule has 6 nitrogen and oxygen atoms in total. The Kier molecular flexibility index (Phi) is 7.39. The van der Waals surface area contributed by atoms with Crippen molar-refractivity contribution in [3.63, 3.8) is 0 Å². The molecule has 0 unspecified atom stereocenters. The van der Waals surface area contributed by atoms with Gasteiger partial charge in [-0.3, -0.25) is 9.67 Å². The number of aliphatic imine (C=N–C) groups is 1. The zero-order chi connectivity index (χ0) is 16.5. The summed E-state index contributed by atoms with van der Waals surface area (Å²) in [6.45, 7) is 10.8. The molecule has 0 aliphatic carbocycles. The van der Waals surface area contributed by atoms with Gasteiger partial charge in [-0.25, -0.2) is 0 Å². The second kappa shape index (κ2) is 9.55. The van der Waals surface area contributed by atoms with Crippen LogP contribution in [0.4, 0.5) is 0 Å². The summed E-state index contributed by atoms with van der Waals surface area (Å²) in [4.78, 5) is 6.85. The minimum Gasteiger partial charge on any atom is -0.356 e. The molecule has 1 saturated heterocycles. The topological polar surface area (TPSA) is 57.5 Å². The quantitative estimate of drug-likeness (QED) is 0.454. The molecule has 1 fully saturated rings. The summed E-state index contributed by atoms with van der Waals surface area (Å²) >= 11 is 0. The number of nitrogens with one attached hydrogen (secondary N) is 2. The van der Waals surface area contributed by atoms with Crippen LogP contribution in [-0.4, -0.2) is 60.4 Å². The van der Waals surface area contributed by atoms with Gasteiger partial charge in [0.25, 0.3) is 0 Å². The summed E-state index contributed by atoms with van der Waals surface area (Å²) in [5, 5.41) is 11.0. The lowest BCUT2D eigenvalue weighted by Gasteiger charge is -2.30. The monoisotopic (exact) mass is 320 g/mol. The van der Waals surface area contributed by atoms with E-state index < -0.39 is 0 Å². The number of aromatic nitrogens is 2. The standard InChI is InChI=1S/C17H32N6/c1-15-5-10-22(11-6-15)9-4-7-19-17(18-3)20-8-12-23-14-16(2)13-21-23/h13-15H,4-12H2,1-3H3,(H2,18,19,20). The van der Waals surface area contributed by atoms with Crippen molar-refractivity contribution in [1.29, 1.82) is 0 Å². The fourth-order valence-electron chi connectivity index (χ4n) is 2.89. The minimum absolute atomic E-state index is 0.824. The molecule has 2 rings (SSSR count). The highest BCUT2D eigenvalue weighted by molar-refractivity contribution is 5.79. The largest absolute Gasteiger partial charge is 0.356 e. The number of aryl methyl sites for hydroxylation is 1. The van der Waals surface area contributed by atoms with Gasteiger partial charge in [-0.15, -0.1) is 0 Å². The number of piperidine rings is 1. The van der Waals surface area contributed by atoms with Crippen LogP contribution >= 0.6 is 0 Å². The molecule has 0 aromatic carbocycles. The average molecular weight is 320 g/mol. The Bertz CT molecular complexity index is 473. The molecule has 130 valence electrons. The molecule has 0 spiro atoms. The van der Waals surface area contributed by atoms with Gasteiger partial charge in [0.2, 0.25) is 0 Å². The average Bonchev–Trinajstić information content (AvgIpc) is 2.97. The number of hydrogen-bond donors (Lipinski definition) is 2. The van der Waals surface area contributed by atoms with Crippen LogP contribution in [0, 0.1) is 12.8 Å². The van der Waals surface area contributed by atoms with Gasteiger partial charge >= 0.3 is 0 Å². The summed E-state index contributed by atoms with van der Waals surface area (Å²) < 4.78 is 1.95. The van der Waals surface area contributed by atoms with E-state index in [1.54, 1.807) is 0 Å². The van der Waals surface area contributed by atoms with Gasteiger partial charge in [-0.05, 0) is 57.3 Å². The van der Waals surface area contributed by atoms with E-state index in [-0.39, 0.29) is 0 Å². The lowest BCUT2D eigenvalue weighted by molar-refractivity contribution is 0.191. The first-order valence-corrected chi connectivity index (χ1v) is 8.83. The zero-order valence-electron chi connectivity index (χ0n) is 14.9. The van der Waals surface area contributed by atoms with Gasteiger partial charge in [0, 0.05) is 26.3 Å². The molecule has 2 N–H and O–H groups in total. The fourth-order valence-corrected chi connectivity index (χ4v) is 2.89. The summed E-state index contributed by atoms with van der Waals surface area (Å²) in [5.74, 6) is 1.78. The van der Waals surface area contributed by atoms with Crippen LogP contribution in [0.5, 0.6) is 0 Å². The predicted octanol–water partition coefficient (Wildman–Crippen LogP) is 1.48. The van der Waals surface area contributed by atoms with E-state index in [2.05, 4.69) is 45.7 Å². The van der Waals surface area contributed by atoms with Crippen LogP contribution in [0.2, 0.25) is 0 Å². The van der Waals surface area contributed by atoms with Crippen LogP contribution < -0.4 is 10.6 Å². The maximum atomic E-state index is 4.28. The molecule has 0 atom stereocenters. The Hall–Kier alpha value is -1.56. The van der Waals surface area contributed by atoms with Crippen molar-refractivity contribution in [2.45, 2.75) is 39.7 Å².